The predicted octanol–water partition coefficient (Wildman–Crippen LogP) is 2.44. The molecule has 3 N–H and O–H groups in total. The van der Waals surface area contributed by atoms with Crippen LogP contribution in [-0.2, 0) is 27.2 Å². The van der Waals surface area contributed by atoms with Crippen LogP contribution in [0.4, 0.5) is 0 Å². The molecule has 0 bridgehead atoms. The Balaban J connectivity index is 1.94. The Labute approximate surface area is 144 Å². The maximum absolute atomic E-state index is 11.8. The third kappa shape index (κ3) is 5.69. The summed E-state index contributed by atoms with van der Waals surface area (Å²) in [6.07, 6.45) is 1.80. The first kappa shape index (κ1) is 18.1. The van der Waals surface area contributed by atoms with Gasteiger partial charge in [-0.1, -0.05) is 42.5 Å². The average molecular weight is 342 g/mol. The highest BCUT2D eigenvalue weighted by molar-refractivity contribution is 5.85. The molecule has 0 aliphatic rings. The van der Waals surface area contributed by atoms with Gasteiger partial charge in [-0.25, -0.2) is 9.59 Å². The normalized spacial score (nSPS) is 12.0. The van der Waals surface area contributed by atoms with Gasteiger partial charge in [-0.3, -0.25) is 0 Å². The molecule has 0 aliphatic heterocycles. The van der Waals surface area contributed by atoms with Gasteiger partial charge in [-0.2, -0.15) is 0 Å². The van der Waals surface area contributed by atoms with Crippen LogP contribution in [0.2, 0.25) is 0 Å². The molecule has 2 aromatic carbocycles. The third-order valence-corrected chi connectivity index (χ3v) is 3.45. The molecule has 25 heavy (non-hydrogen) atoms. The second-order valence-electron chi connectivity index (χ2n) is 5.38. The van der Waals surface area contributed by atoms with Crippen LogP contribution in [0.25, 0.3) is 0 Å². The lowest BCUT2D eigenvalue weighted by Crippen LogP contribution is -2.28. The van der Waals surface area contributed by atoms with Crippen molar-refractivity contribution >= 4 is 11.9 Å². The third-order valence-electron chi connectivity index (χ3n) is 3.45. The van der Waals surface area contributed by atoms with E-state index in [1.165, 1.54) is 24.3 Å². The molecule has 2 aromatic rings. The number of aliphatic carboxylic acids is 1. The summed E-state index contributed by atoms with van der Waals surface area (Å²) in [5.74, 6) is -2.73. The maximum Gasteiger partial charge on any atom is 0.345 e. The van der Waals surface area contributed by atoms with Crippen LogP contribution in [0.1, 0.15) is 11.1 Å². The summed E-state index contributed by atoms with van der Waals surface area (Å²) in [5, 5.41) is 27.9. The Kier molecular flexibility index (Phi) is 6.17. The van der Waals surface area contributed by atoms with E-state index in [1.54, 1.807) is 6.08 Å². The molecule has 0 saturated carbocycles. The highest BCUT2D eigenvalue weighted by Crippen LogP contribution is 2.25. The Hall–Kier alpha value is -3.28. The van der Waals surface area contributed by atoms with Gasteiger partial charge in [0.25, 0.3) is 0 Å². The van der Waals surface area contributed by atoms with Crippen molar-refractivity contribution in [3.8, 4) is 11.5 Å². The minimum Gasteiger partial charge on any atom is -0.504 e. The number of phenols is 2. The number of esters is 1. The van der Waals surface area contributed by atoms with Crippen LogP contribution < -0.4 is 0 Å². The average Bonchev–Trinajstić information content (AvgIpc) is 2.58. The van der Waals surface area contributed by atoms with Gasteiger partial charge >= 0.3 is 11.9 Å². The van der Waals surface area contributed by atoms with Gasteiger partial charge in [0.1, 0.15) is 0 Å². The first-order valence-corrected chi connectivity index (χ1v) is 7.60. The van der Waals surface area contributed by atoms with Gasteiger partial charge in [0, 0.05) is 12.5 Å². The van der Waals surface area contributed by atoms with Gasteiger partial charge in [0.2, 0.25) is 6.10 Å². The Bertz CT molecular complexity index is 767. The SMILES string of the molecule is O=C(/C=C/Cc1ccccc1)OC(Cc1ccc(O)c(O)c1)C(=O)O. The van der Waals surface area contributed by atoms with Crippen LogP contribution in [0.15, 0.2) is 60.7 Å². The number of carbonyl (C=O) groups is 2. The smallest absolute Gasteiger partial charge is 0.345 e. The van der Waals surface area contributed by atoms with Gasteiger partial charge < -0.3 is 20.1 Å². The number of carboxylic acid groups (broad SMARTS) is 1. The summed E-state index contributed by atoms with van der Waals surface area (Å²) >= 11 is 0. The van der Waals surface area contributed by atoms with Crippen molar-refractivity contribution in [2.75, 3.05) is 0 Å². The number of benzene rings is 2. The Morgan fingerprint density at radius 2 is 1.72 bits per heavy atom. The predicted molar refractivity (Wildman–Crippen MR) is 90.3 cm³/mol. The Morgan fingerprint density at radius 1 is 1.00 bits per heavy atom. The Morgan fingerprint density at radius 3 is 2.36 bits per heavy atom. The van der Waals surface area contributed by atoms with Crippen LogP contribution in [-0.4, -0.2) is 33.4 Å². The molecule has 0 saturated heterocycles. The van der Waals surface area contributed by atoms with E-state index in [2.05, 4.69) is 0 Å². The molecule has 6 heteroatoms. The molecular formula is C19H18O6. The topological polar surface area (TPSA) is 104 Å². The molecule has 2 rings (SSSR count). The van der Waals surface area contributed by atoms with Crippen LogP contribution in [0, 0.1) is 0 Å². The highest BCUT2D eigenvalue weighted by Gasteiger charge is 2.22. The molecule has 0 amide bonds. The van der Waals surface area contributed by atoms with Crippen LogP contribution in [0.3, 0.4) is 0 Å². The quantitative estimate of drug-likeness (QED) is 0.406. The zero-order valence-electron chi connectivity index (χ0n) is 13.3. The number of carboxylic acids is 1. The molecule has 130 valence electrons. The van der Waals surface area contributed by atoms with E-state index in [1.807, 2.05) is 30.3 Å². The van der Waals surface area contributed by atoms with Gasteiger partial charge in [0.15, 0.2) is 11.5 Å². The fourth-order valence-corrected chi connectivity index (χ4v) is 2.17. The van der Waals surface area contributed by atoms with Crippen LogP contribution >= 0.6 is 0 Å². The molecule has 0 radical (unpaired) electrons. The largest absolute Gasteiger partial charge is 0.504 e. The summed E-state index contributed by atoms with van der Waals surface area (Å²) in [6.45, 7) is 0. The van der Waals surface area contributed by atoms with Crippen molar-refractivity contribution in [3.63, 3.8) is 0 Å². The standard InChI is InChI=1S/C19H18O6/c20-15-10-9-14(11-16(15)21)12-17(19(23)24)25-18(22)8-4-7-13-5-2-1-3-6-13/h1-6,8-11,17,20-21H,7,12H2,(H,23,24)/b8-4+. The molecule has 0 heterocycles. The van der Waals surface area contributed by atoms with Gasteiger partial charge in [-0.15, -0.1) is 0 Å². The lowest BCUT2D eigenvalue weighted by molar-refractivity contribution is -0.160. The van der Waals surface area contributed by atoms with Crippen molar-refractivity contribution in [2.45, 2.75) is 18.9 Å². The van der Waals surface area contributed by atoms with Crippen molar-refractivity contribution in [2.24, 2.45) is 0 Å². The number of rotatable bonds is 7. The van der Waals surface area contributed by atoms with Crippen LogP contribution in [0.5, 0.6) is 11.5 Å². The monoisotopic (exact) mass is 342 g/mol. The van der Waals surface area contributed by atoms with Crippen molar-refractivity contribution in [3.05, 3.63) is 71.8 Å². The highest BCUT2D eigenvalue weighted by atomic mass is 16.6. The van der Waals surface area contributed by atoms with E-state index in [0.717, 1.165) is 5.56 Å². The van der Waals surface area contributed by atoms with E-state index in [9.17, 15) is 24.9 Å². The second-order valence-corrected chi connectivity index (χ2v) is 5.38. The first-order valence-electron chi connectivity index (χ1n) is 7.60. The number of hydrogen-bond acceptors (Lipinski definition) is 5. The molecule has 0 fully saturated rings. The van der Waals surface area contributed by atoms with Crippen molar-refractivity contribution in [1.29, 1.82) is 0 Å². The molecule has 1 atom stereocenters. The number of allylic oxidation sites excluding steroid dienone is 1. The molecule has 6 nitrogen and oxygen atoms in total. The molecule has 0 spiro atoms. The maximum atomic E-state index is 11.8. The lowest BCUT2D eigenvalue weighted by atomic mass is 10.1. The summed E-state index contributed by atoms with van der Waals surface area (Å²) < 4.78 is 4.95. The zero-order chi connectivity index (χ0) is 18.2. The summed E-state index contributed by atoms with van der Waals surface area (Å²) in [4.78, 5) is 23.1. The van der Waals surface area contributed by atoms with E-state index in [4.69, 9.17) is 4.74 Å². The minimum absolute atomic E-state index is 0.124. The summed E-state index contributed by atoms with van der Waals surface area (Å²) in [7, 11) is 0. The number of ether oxygens (including phenoxy) is 1. The summed E-state index contributed by atoms with van der Waals surface area (Å²) in [5.41, 5.74) is 1.43. The number of carbonyl (C=O) groups excluding carboxylic acids is 1. The molecule has 0 aliphatic carbocycles. The van der Waals surface area contributed by atoms with Crippen molar-refractivity contribution < 1.29 is 29.6 Å². The zero-order valence-corrected chi connectivity index (χ0v) is 13.3. The fraction of sp³-hybridized carbons (Fsp3) is 0.158. The second kappa shape index (κ2) is 8.54. The van der Waals surface area contributed by atoms with E-state index < -0.39 is 18.0 Å². The first-order chi connectivity index (χ1) is 12.0. The van der Waals surface area contributed by atoms with E-state index in [0.29, 0.717) is 12.0 Å². The molecule has 0 aromatic heterocycles. The fourth-order valence-electron chi connectivity index (χ4n) is 2.17. The number of phenolic OH excluding ortho intramolecular Hbond substituents is 2. The molecular weight excluding hydrogens is 324 g/mol. The minimum atomic E-state index is -1.39. The number of hydrogen-bond donors (Lipinski definition) is 3. The van der Waals surface area contributed by atoms with Gasteiger partial charge in [0.05, 0.1) is 0 Å². The van der Waals surface area contributed by atoms with E-state index in [-0.39, 0.29) is 17.9 Å². The molecule has 1 unspecified atom stereocenters. The lowest BCUT2D eigenvalue weighted by Gasteiger charge is -2.13. The summed E-state index contributed by atoms with van der Waals surface area (Å²) in [6, 6.07) is 13.4. The van der Waals surface area contributed by atoms with Crippen molar-refractivity contribution in [1.82, 2.24) is 0 Å². The number of aromatic hydroxyl groups is 2. The van der Waals surface area contributed by atoms with E-state index >= 15 is 0 Å². The van der Waals surface area contributed by atoms with Gasteiger partial charge in [-0.05, 0) is 29.7 Å².